The molecule has 0 bridgehead atoms. The number of nitrogens with zero attached hydrogens (tertiary/aromatic N) is 1. The van der Waals surface area contributed by atoms with Crippen molar-refractivity contribution in [3.8, 4) is 5.75 Å². The van der Waals surface area contributed by atoms with Crippen LogP contribution < -0.4 is 16.2 Å². The van der Waals surface area contributed by atoms with Crippen LogP contribution >= 0.6 is 0 Å². The molecule has 126 valence electrons. The maximum absolute atomic E-state index is 11.9. The van der Waals surface area contributed by atoms with Crippen molar-refractivity contribution in [1.29, 1.82) is 0 Å². The lowest BCUT2D eigenvalue weighted by Crippen LogP contribution is -2.49. The second-order valence-electron chi connectivity index (χ2n) is 6.35. The van der Waals surface area contributed by atoms with Gasteiger partial charge in [0.25, 0.3) is 0 Å². The molecule has 1 amide bonds. The molecule has 1 unspecified atom stereocenters. The summed E-state index contributed by atoms with van der Waals surface area (Å²) in [5.74, 6) is -0.633. The summed E-state index contributed by atoms with van der Waals surface area (Å²) in [5.41, 5.74) is 11.9. The van der Waals surface area contributed by atoms with Crippen molar-refractivity contribution >= 4 is 11.7 Å². The van der Waals surface area contributed by atoms with Crippen LogP contribution in [0.25, 0.3) is 0 Å². The van der Waals surface area contributed by atoms with Gasteiger partial charge in [0.15, 0.2) is 0 Å². The second-order valence-corrected chi connectivity index (χ2v) is 6.35. The van der Waals surface area contributed by atoms with E-state index in [0.29, 0.717) is 30.1 Å². The van der Waals surface area contributed by atoms with Crippen LogP contribution in [0.5, 0.6) is 5.75 Å². The van der Waals surface area contributed by atoms with Crippen LogP contribution in [0, 0.1) is 5.41 Å². The Balaban J connectivity index is 2.66. The first-order valence-electron chi connectivity index (χ1n) is 7.44. The number of carbonyl (C=O) groups excluding carboxylic acids is 1. The molecule has 5 N–H and O–H groups in total. The van der Waals surface area contributed by atoms with Crippen LogP contribution in [0.4, 0.5) is 0 Å². The molecule has 1 aromatic rings. The lowest BCUT2D eigenvalue weighted by molar-refractivity contribution is -0.106. The van der Waals surface area contributed by atoms with Gasteiger partial charge in [-0.2, -0.15) is 0 Å². The molecular weight excluding hydrogens is 298 g/mol. The van der Waals surface area contributed by atoms with Gasteiger partial charge in [0, 0.05) is 16.5 Å². The Morgan fingerprint density at radius 3 is 2.48 bits per heavy atom. The number of ether oxygens (including phenoxy) is 2. The first kappa shape index (κ1) is 17.1. The molecule has 1 aliphatic rings. The smallest absolute Gasteiger partial charge is 0.249 e. The van der Waals surface area contributed by atoms with Crippen molar-refractivity contribution in [2.24, 2.45) is 22.0 Å². The summed E-state index contributed by atoms with van der Waals surface area (Å²) in [4.78, 5) is 11.9. The number of amides is 1. The van der Waals surface area contributed by atoms with E-state index in [-0.39, 0.29) is 11.9 Å². The molecule has 1 saturated heterocycles. The van der Waals surface area contributed by atoms with E-state index in [1.807, 2.05) is 20.8 Å². The van der Waals surface area contributed by atoms with Gasteiger partial charge in [0.1, 0.15) is 11.6 Å². The Morgan fingerprint density at radius 1 is 1.39 bits per heavy atom. The average molecular weight is 321 g/mol. The third kappa shape index (κ3) is 3.24. The van der Waals surface area contributed by atoms with Gasteiger partial charge < -0.3 is 26.1 Å². The summed E-state index contributed by atoms with van der Waals surface area (Å²) in [6.45, 7) is 6.58. The zero-order valence-corrected chi connectivity index (χ0v) is 13.6. The number of hydrogen-bond acceptors (Lipinski definition) is 5. The third-order valence-corrected chi connectivity index (χ3v) is 3.95. The fourth-order valence-corrected chi connectivity index (χ4v) is 2.92. The molecule has 0 saturated carbocycles. The molecule has 1 heterocycles. The van der Waals surface area contributed by atoms with Crippen molar-refractivity contribution in [3.63, 3.8) is 0 Å². The minimum Gasteiger partial charge on any atom is -0.491 e. The van der Waals surface area contributed by atoms with Gasteiger partial charge in [-0.1, -0.05) is 18.1 Å². The van der Waals surface area contributed by atoms with E-state index in [0.717, 1.165) is 0 Å². The maximum atomic E-state index is 11.9. The number of benzene rings is 1. The van der Waals surface area contributed by atoms with Gasteiger partial charge >= 0.3 is 0 Å². The Bertz CT molecular complexity index is 624. The van der Waals surface area contributed by atoms with Gasteiger partial charge in [-0.15, -0.1) is 0 Å². The number of carbonyl (C=O) groups is 1. The summed E-state index contributed by atoms with van der Waals surface area (Å²) in [7, 11) is 0. The van der Waals surface area contributed by atoms with Crippen molar-refractivity contribution < 1.29 is 19.5 Å². The fraction of sp³-hybridized carbons (Fsp3) is 0.500. The quantitative estimate of drug-likeness (QED) is 0.317. The second kappa shape index (κ2) is 6.45. The van der Waals surface area contributed by atoms with E-state index in [1.54, 1.807) is 18.2 Å². The molecule has 1 atom stereocenters. The summed E-state index contributed by atoms with van der Waals surface area (Å²) in [6.07, 6.45) is -0.102. The highest BCUT2D eigenvalue weighted by Crippen LogP contribution is 2.46. The van der Waals surface area contributed by atoms with E-state index >= 15 is 0 Å². The number of hydrogen-bond donors (Lipinski definition) is 3. The van der Waals surface area contributed by atoms with E-state index in [1.165, 1.54) is 0 Å². The first-order valence-corrected chi connectivity index (χ1v) is 7.44. The van der Waals surface area contributed by atoms with Crippen molar-refractivity contribution in [2.45, 2.75) is 32.8 Å². The SMILES string of the molecule is CC(C)Oc1cccc(C(N)=O)c1C(/C(N)=N/O)C1(C)COC1. The van der Waals surface area contributed by atoms with Crippen LogP contribution in [0.15, 0.2) is 23.4 Å². The highest BCUT2D eigenvalue weighted by Gasteiger charge is 2.47. The zero-order chi connectivity index (χ0) is 17.2. The van der Waals surface area contributed by atoms with E-state index in [2.05, 4.69) is 5.16 Å². The van der Waals surface area contributed by atoms with Gasteiger partial charge in [-0.25, -0.2) is 0 Å². The van der Waals surface area contributed by atoms with Crippen LogP contribution in [0.3, 0.4) is 0 Å². The lowest BCUT2D eigenvalue weighted by Gasteiger charge is -2.44. The molecule has 7 nitrogen and oxygen atoms in total. The monoisotopic (exact) mass is 321 g/mol. The predicted octanol–water partition coefficient (Wildman–Crippen LogP) is 1.44. The van der Waals surface area contributed by atoms with Gasteiger partial charge in [-0.3, -0.25) is 4.79 Å². The largest absolute Gasteiger partial charge is 0.491 e. The standard InChI is InChI=1S/C16H23N3O4/c1-9(2)23-11-6-4-5-10(15(18)20)12(11)13(14(17)19-21)16(3)7-22-8-16/h4-6,9,13,21H,7-8H2,1-3H3,(H2,17,19)(H2,18,20). The lowest BCUT2D eigenvalue weighted by atomic mass is 9.70. The van der Waals surface area contributed by atoms with Crippen LogP contribution in [-0.2, 0) is 4.74 Å². The zero-order valence-electron chi connectivity index (χ0n) is 13.6. The molecule has 1 fully saturated rings. The fourth-order valence-electron chi connectivity index (χ4n) is 2.92. The minimum absolute atomic E-state index is 0.00175. The molecule has 7 heteroatoms. The van der Waals surface area contributed by atoms with Crippen molar-refractivity contribution in [3.05, 3.63) is 29.3 Å². The molecule has 1 aromatic carbocycles. The molecule has 0 aromatic heterocycles. The Hall–Kier alpha value is -2.28. The first-order chi connectivity index (χ1) is 10.8. The average Bonchev–Trinajstić information content (AvgIpc) is 2.45. The van der Waals surface area contributed by atoms with Crippen LogP contribution in [-0.4, -0.2) is 36.3 Å². The normalized spacial score (nSPS) is 18.3. The van der Waals surface area contributed by atoms with Crippen LogP contribution in [0.1, 0.15) is 42.6 Å². The Kier molecular flexibility index (Phi) is 4.79. The molecule has 2 rings (SSSR count). The summed E-state index contributed by atoms with van der Waals surface area (Å²) in [6, 6.07) is 5.07. The van der Waals surface area contributed by atoms with Gasteiger partial charge in [0.2, 0.25) is 5.91 Å². The predicted molar refractivity (Wildman–Crippen MR) is 85.8 cm³/mol. The minimum atomic E-state index is -0.589. The van der Waals surface area contributed by atoms with Crippen LogP contribution in [0.2, 0.25) is 0 Å². The number of nitrogens with two attached hydrogens (primary N) is 2. The van der Waals surface area contributed by atoms with E-state index < -0.39 is 17.2 Å². The number of oxime groups is 1. The molecule has 0 aliphatic carbocycles. The Labute approximate surface area is 135 Å². The number of amidine groups is 1. The summed E-state index contributed by atoms with van der Waals surface area (Å²) >= 11 is 0. The third-order valence-electron chi connectivity index (χ3n) is 3.95. The summed E-state index contributed by atoms with van der Waals surface area (Å²) in [5, 5.41) is 12.4. The Morgan fingerprint density at radius 2 is 2.04 bits per heavy atom. The molecular formula is C16H23N3O4. The highest BCUT2D eigenvalue weighted by atomic mass is 16.5. The number of primary amides is 1. The van der Waals surface area contributed by atoms with Gasteiger partial charge in [-0.05, 0) is 26.0 Å². The van der Waals surface area contributed by atoms with Crippen molar-refractivity contribution in [2.75, 3.05) is 13.2 Å². The molecule has 0 radical (unpaired) electrons. The van der Waals surface area contributed by atoms with Gasteiger partial charge in [0.05, 0.1) is 25.2 Å². The molecule has 0 spiro atoms. The van der Waals surface area contributed by atoms with E-state index in [4.69, 9.17) is 20.9 Å². The topological polar surface area (TPSA) is 120 Å². The maximum Gasteiger partial charge on any atom is 0.249 e. The number of rotatable bonds is 6. The highest BCUT2D eigenvalue weighted by molar-refractivity contribution is 5.99. The summed E-state index contributed by atoms with van der Waals surface area (Å²) < 4.78 is 11.1. The van der Waals surface area contributed by atoms with Crippen molar-refractivity contribution in [1.82, 2.24) is 0 Å². The molecule has 1 aliphatic heterocycles. The molecule has 23 heavy (non-hydrogen) atoms. The van der Waals surface area contributed by atoms with E-state index in [9.17, 15) is 10.0 Å².